The van der Waals surface area contributed by atoms with E-state index in [9.17, 15) is 18.0 Å². The lowest BCUT2D eigenvalue weighted by Crippen LogP contribution is -2.27. The molecule has 3 atom stereocenters. The molecule has 0 radical (unpaired) electrons. The van der Waals surface area contributed by atoms with Crippen LogP contribution in [-0.2, 0) is 15.7 Å². The monoisotopic (exact) mass is 562 g/mol. The number of aromatic nitrogens is 3. The van der Waals surface area contributed by atoms with Crippen LogP contribution < -0.4 is 10.1 Å². The van der Waals surface area contributed by atoms with Crippen molar-refractivity contribution in [1.29, 1.82) is 0 Å². The van der Waals surface area contributed by atoms with E-state index >= 15 is 0 Å². The number of nitrogens with one attached hydrogen (secondary N) is 1. The highest BCUT2D eigenvalue weighted by Gasteiger charge is 2.66. The zero-order valence-electron chi connectivity index (χ0n) is 22.8. The Morgan fingerprint density at radius 3 is 2.51 bits per heavy atom. The Bertz CT molecular complexity index is 1310. The summed E-state index contributed by atoms with van der Waals surface area (Å²) in [6, 6.07) is 5.40. The lowest BCUT2D eigenvalue weighted by Gasteiger charge is -2.21. The van der Waals surface area contributed by atoms with E-state index in [4.69, 9.17) is 9.47 Å². The second-order valence-electron chi connectivity index (χ2n) is 11.5. The van der Waals surface area contributed by atoms with Gasteiger partial charge in [0.15, 0.2) is 5.13 Å². The average molecular weight is 563 g/mol. The van der Waals surface area contributed by atoms with Gasteiger partial charge in [-0.05, 0) is 63.3 Å². The minimum absolute atomic E-state index is 0.0356. The first-order chi connectivity index (χ1) is 18.2. The van der Waals surface area contributed by atoms with Gasteiger partial charge >= 0.3 is 12.1 Å². The molecule has 0 unspecified atom stereocenters. The number of thiazole rings is 1. The predicted octanol–water partition coefficient (Wildman–Crippen LogP) is 7.38. The minimum atomic E-state index is -4.66. The summed E-state index contributed by atoms with van der Waals surface area (Å²) in [5, 5.41) is 5.29. The first-order valence-electron chi connectivity index (χ1n) is 12.7. The number of halogens is 3. The van der Waals surface area contributed by atoms with Crippen LogP contribution in [0.15, 0.2) is 42.0 Å². The third-order valence-electron chi connectivity index (χ3n) is 6.66. The quantitative estimate of drug-likeness (QED) is 0.272. The lowest BCUT2D eigenvalue weighted by molar-refractivity contribution is -0.158. The number of anilines is 2. The zero-order chi connectivity index (χ0) is 28.6. The molecule has 210 valence electrons. The van der Waals surface area contributed by atoms with Crippen molar-refractivity contribution >= 4 is 28.4 Å². The Kier molecular flexibility index (Phi) is 7.93. The van der Waals surface area contributed by atoms with E-state index in [-0.39, 0.29) is 35.8 Å². The van der Waals surface area contributed by atoms with E-state index in [1.54, 1.807) is 32.3 Å². The van der Waals surface area contributed by atoms with Gasteiger partial charge in [0.2, 0.25) is 5.95 Å². The van der Waals surface area contributed by atoms with Crippen molar-refractivity contribution in [3.63, 3.8) is 0 Å². The Labute approximate surface area is 230 Å². The second-order valence-corrected chi connectivity index (χ2v) is 12.4. The Balaban J connectivity index is 1.56. The van der Waals surface area contributed by atoms with E-state index in [0.29, 0.717) is 16.7 Å². The normalized spacial score (nSPS) is 21.1. The maximum Gasteiger partial charge on any atom is 0.419 e. The predicted molar refractivity (Wildman–Crippen MR) is 144 cm³/mol. The fourth-order valence-electron chi connectivity index (χ4n) is 4.80. The topological polar surface area (TPSA) is 86.2 Å². The minimum Gasteiger partial charge on any atom is -0.492 e. The number of esters is 1. The lowest BCUT2D eigenvalue weighted by atomic mass is 10.00. The maximum atomic E-state index is 14.1. The number of hydrogen-bond donors (Lipinski definition) is 1. The standard InChI is InChI=1S/C28H33F3N4O3S/c1-16(2)13-19-22(23(36)38-26(3,4)5)27(19,6)15-37-21-8-7-17(14-18(21)28(29,30)31)20-9-10-32-24(34-20)35-25-33-11-12-39-25/h7-12,14,16,19,22H,13,15H2,1-6H3,(H,32,33,34,35)/t19-,22+,27+/m0/s1. The van der Waals surface area contributed by atoms with Gasteiger partial charge in [-0.3, -0.25) is 4.79 Å². The van der Waals surface area contributed by atoms with Crippen LogP contribution in [0.5, 0.6) is 5.75 Å². The molecule has 0 bridgehead atoms. The number of carbonyl (C=O) groups is 1. The highest BCUT2D eigenvalue weighted by Crippen LogP contribution is 2.62. The molecular formula is C28H33F3N4O3S. The van der Waals surface area contributed by atoms with Crippen LogP contribution in [0.4, 0.5) is 24.3 Å². The van der Waals surface area contributed by atoms with E-state index in [0.717, 1.165) is 12.5 Å². The van der Waals surface area contributed by atoms with Crippen LogP contribution in [0, 0.1) is 23.2 Å². The van der Waals surface area contributed by atoms with Gasteiger partial charge in [-0.25, -0.2) is 15.0 Å². The van der Waals surface area contributed by atoms with E-state index < -0.39 is 28.7 Å². The largest absolute Gasteiger partial charge is 0.492 e. The van der Waals surface area contributed by atoms with E-state index in [1.165, 1.54) is 35.7 Å². The number of nitrogens with zero attached hydrogens (tertiary/aromatic N) is 3. The van der Waals surface area contributed by atoms with Crippen molar-refractivity contribution in [3.05, 3.63) is 47.6 Å². The summed E-state index contributed by atoms with van der Waals surface area (Å²) in [5.41, 5.74) is -1.61. The summed E-state index contributed by atoms with van der Waals surface area (Å²) in [6.07, 6.45) is -0.823. The Morgan fingerprint density at radius 2 is 1.90 bits per heavy atom. The summed E-state index contributed by atoms with van der Waals surface area (Å²) >= 11 is 1.35. The van der Waals surface area contributed by atoms with Crippen LogP contribution in [-0.4, -0.2) is 33.1 Å². The molecule has 3 aromatic rings. The molecule has 0 spiro atoms. The maximum absolute atomic E-state index is 14.1. The van der Waals surface area contributed by atoms with Crippen molar-refractivity contribution in [2.75, 3.05) is 11.9 Å². The molecule has 0 amide bonds. The van der Waals surface area contributed by atoms with Crippen molar-refractivity contribution in [2.45, 2.75) is 59.7 Å². The van der Waals surface area contributed by atoms with Crippen LogP contribution in [0.2, 0.25) is 0 Å². The summed E-state index contributed by atoms with van der Waals surface area (Å²) < 4.78 is 53.9. The van der Waals surface area contributed by atoms with E-state index in [2.05, 4.69) is 34.1 Å². The number of alkyl halides is 3. The zero-order valence-corrected chi connectivity index (χ0v) is 23.6. The van der Waals surface area contributed by atoms with Gasteiger partial charge in [0.1, 0.15) is 11.4 Å². The molecule has 1 aromatic carbocycles. The van der Waals surface area contributed by atoms with E-state index in [1.807, 2.05) is 6.92 Å². The molecule has 1 aliphatic carbocycles. The van der Waals surface area contributed by atoms with Crippen LogP contribution in [0.1, 0.15) is 53.5 Å². The average Bonchev–Trinajstić information content (AvgIpc) is 3.13. The van der Waals surface area contributed by atoms with Gasteiger partial charge in [0.05, 0.1) is 23.8 Å². The summed E-state index contributed by atoms with van der Waals surface area (Å²) in [5.74, 6) is -0.558. The number of carbonyl (C=O) groups excluding carboxylic acids is 1. The number of hydrogen-bond acceptors (Lipinski definition) is 8. The van der Waals surface area contributed by atoms with Crippen molar-refractivity contribution < 1.29 is 27.4 Å². The molecule has 2 aromatic heterocycles. The molecule has 2 heterocycles. The third kappa shape index (κ3) is 6.87. The van der Waals surface area contributed by atoms with Gasteiger partial charge in [0, 0.05) is 28.8 Å². The van der Waals surface area contributed by atoms with Crippen LogP contribution in [0.3, 0.4) is 0 Å². The molecule has 0 aliphatic heterocycles. The first-order valence-corrected chi connectivity index (χ1v) is 13.6. The highest BCUT2D eigenvalue weighted by molar-refractivity contribution is 7.13. The molecular weight excluding hydrogens is 529 g/mol. The van der Waals surface area contributed by atoms with Crippen molar-refractivity contribution in [2.24, 2.45) is 23.2 Å². The number of ether oxygens (including phenoxy) is 2. The third-order valence-corrected chi connectivity index (χ3v) is 7.35. The van der Waals surface area contributed by atoms with Crippen molar-refractivity contribution in [1.82, 2.24) is 15.0 Å². The van der Waals surface area contributed by atoms with Crippen molar-refractivity contribution in [3.8, 4) is 17.0 Å². The van der Waals surface area contributed by atoms with Gasteiger partial charge in [-0.2, -0.15) is 13.2 Å². The number of benzene rings is 1. The molecule has 1 fully saturated rings. The molecule has 0 saturated heterocycles. The summed E-state index contributed by atoms with van der Waals surface area (Å²) in [7, 11) is 0. The van der Waals surface area contributed by atoms with Crippen LogP contribution >= 0.6 is 11.3 Å². The summed E-state index contributed by atoms with van der Waals surface area (Å²) in [6.45, 7) is 11.3. The van der Waals surface area contributed by atoms with Gasteiger partial charge in [-0.15, -0.1) is 11.3 Å². The highest BCUT2D eigenvalue weighted by atomic mass is 32.1. The molecule has 1 aliphatic rings. The Hall–Kier alpha value is -3.21. The molecule has 4 rings (SSSR count). The summed E-state index contributed by atoms with van der Waals surface area (Å²) in [4.78, 5) is 25.5. The number of rotatable bonds is 9. The molecule has 7 nitrogen and oxygen atoms in total. The molecule has 39 heavy (non-hydrogen) atoms. The molecule has 11 heteroatoms. The van der Waals surface area contributed by atoms with Gasteiger partial charge < -0.3 is 14.8 Å². The SMILES string of the molecule is CC(C)C[C@H]1[C@H](C(=O)OC(C)(C)C)[C@]1(C)COc1ccc(-c2ccnc(Nc3nccs3)n2)cc1C(F)(F)F. The Morgan fingerprint density at radius 1 is 1.15 bits per heavy atom. The first kappa shape index (κ1) is 28.8. The fraction of sp³-hybridized carbons (Fsp3) is 0.500. The van der Waals surface area contributed by atoms with Gasteiger partial charge in [0.25, 0.3) is 0 Å². The van der Waals surface area contributed by atoms with Crippen LogP contribution in [0.25, 0.3) is 11.3 Å². The second kappa shape index (κ2) is 10.7. The molecule has 1 saturated carbocycles. The fourth-order valence-corrected chi connectivity index (χ4v) is 5.32. The van der Waals surface area contributed by atoms with Gasteiger partial charge in [-0.1, -0.05) is 20.8 Å². The smallest absolute Gasteiger partial charge is 0.419 e. The molecule has 1 N–H and O–H groups in total.